The van der Waals surface area contributed by atoms with E-state index in [-0.39, 0.29) is 23.9 Å². The Hall–Kier alpha value is -0.930. The summed E-state index contributed by atoms with van der Waals surface area (Å²) in [5.74, 6) is 0.260. The summed E-state index contributed by atoms with van der Waals surface area (Å²) in [4.78, 5) is 0. The van der Waals surface area contributed by atoms with E-state index in [9.17, 15) is 9.50 Å². The number of aliphatic hydroxyl groups is 1. The first-order valence-corrected chi connectivity index (χ1v) is 7.41. The third kappa shape index (κ3) is 4.03. The van der Waals surface area contributed by atoms with E-state index >= 15 is 0 Å². The standard InChI is InChI=1S/C17H25FO2/c1-12-8-13(10-17(2,3)9-12)20-11-16(19)14-6-4-5-7-15(14)18/h4-7,12-13,16,19H,8-11H2,1-3H3. The van der Waals surface area contributed by atoms with Gasteiger partial charge in [0.15, 0.2) is 0 Å². The SMILES string of the molecule is CC1CC(OCC(O)c2ccccc2F)CC(C)(C)C1. The molecule has 2 rings (SSSR count). The van der Waals surface area contributed by atoms with Gasteiger partial charge in [-0.3, -0.25) is 0 Å². The summed E-state index contributed by atoms with van der Waals surface area (Å²) in [7, 11) is 0. The summed E-state index contributed by atoms with van der Waals surface area (Å²) in [6.45, 7) is 6.91. The lowest BCUT2D eigenvalue weighted by Gasteiger charge is -2.39. The maximum Gasteiger partial charge on any atom is 0.129 e. The van der Waals surface area contributed by atoms with E-state index in [1.54, 1.807) is 18.2 Å². The molecule has 0 aliphatic heterocycles. The molecule has 0 radical (unpaired) electrons. The molecule has 0 bridgehead atoms. The van der Waals surface area contributed by atoms with Gasteiger partial charge in [-0.15, -0.1) is 0 Å². The number of rotatable bonds is 4. The Morgan fingerprint density at radius 2 is 2.05 bits per heavy atom. The van der Waals surface area contributed by atoms with Crippen LogP contribution in [0.3, 0.4) is 0 Å². The summed E-state index contributed by atoms with van der Waals surface area (Å²) >= 11 is 0. The molecule has 0 heterocycles. The smallest absolute Gasteiger partial charge is 0.129 e. The third-order valence-electron chi connectivity index (χ3n) is 4.10. The molecule has 20 heavy (non-hydrogen) atoms. The quantitative estimate of drug-likeness (QED) is 0.900. The molecular formula is C17H25FO2. The molecule has 2 nitrogen and oxygen atoms in total. The number of halogens is 1. The Kier molecular flexibility index (Phi) is 4.82. The van der Waals surface area contributed by atoms with Gasteiger partial charge >= 0.3 is 0 Å². The average Bonchev–Trinajstić information content (AvgIpc) is 2.34. The summed E-state index contributed by atoms with van der Waals surface area (Å²) in [6.07, 6.45) is 2.50. The number of hydrogen-bond acceptors (Lipinski definition) is 2. The zero-order chi connectivity index (χ0) is 14.8. The normalized spacial score (nSPS) is 27.2. The molecule has 0 aromatic heterocycles. The summed E-state index contributed by atoms with van der Waals surface area (Å²) in [6, 6.07) is 6.33. The molecule has 112 valence electrons. The fourth-order valence-electron chi connectivity index (χ4n) is 3.45. The van der Waals surface area contributed by atoms with Gasteiger partial charge in [-0.2, -0.15) is 0 Å². The molecule has 1 saturated carbocycles. The van der Waals surface area contributed by atoms with Gasteiger partial charge in [0.25, 0.3) is 0 Å². The minimum absolute atomic E-state index is 0.161. The van der Waals surface area contributed by atoms with Crippen molar-refractivity contribution in [2.45, 2.75) is 52.2 Å². The fraction of sp³-hybridized carbons (Fsp3) is 0.647. The Bertz CT molecular complexity index is 444. The molecule has 3 unspecified atom stereocenters. The van der Waals surface area contributed by atoms with Crippen molar-refractivity contribution in [1.82, 2.24) is 0 Å². The van der Waals surface area contributed by atoms with E-state index in [2.05, 4.69) is 20.8 Å². The Morgan fingerprint density at radius 1 is 1.35 bits per heavy atom. The minimum atomic E-state index is -0.892. The van der Waals surface area contributed by atoms with Crippen LogP contribution in [0.25, 0.3) is 0 Å². The average molecular weight is 280 g/mol. The van der Waals surface area contributed by atoms with Gasteiger partial charge in [0.2, 0.25) is 0 Å². The van der Waals surface area contributed by atoms with Gasteiger partial charge in [-0.25, -0.2) is 4.39 Å². The molecule has 1 aromatic carbocycles. The van der Waals surface area contributed by atoms with Gasteiger partial charge in [0, 0.05) is 5.56 Å². The van der Waals surface area contributed by atoms with Crippen LogP contribution in [0.15, 0.2) is 24.3 Å². The van der Waals surface area contributed by atoms with Crippen molar-refractivity contribution in [2.24, 2.45) is 11.3 Å². The second kappa shape index (κ2) is 6.23. The molecule has 0 saturated heterocycles. The number of benzene rings is 1. The van der Waals surface area contributed by atoms with Crippen molar-refractivity contribution in [3.8, 4) is 0 Å². The van der Waals surface area contributed by atoms with Crippen LogP contribution >= 0.6 is 0 Å². The first-order valence-electron chi connectivity index (χ1n) is 7.41. The van der Waals surface area contributed by atoms with Crippen molar-refractivity contribution in [1.29, 1.82) is 0 Å². The molecule has 1 aliphatic rings. The van der Waals surface area contributed by atoms with Crippen LogP contribution in [-0.2, 0) is 4.74 Å². The predicted octanol–water partition coefficient (Wildman–Crippen LogP) is 4.09. The lowest BCUT2D eigenvalue weighted by atomic mass is 9.71. The van der Waals surface area contributed by atoms with Crippen molar-refractivity contribution in [2.75, 3.05) is 6.61 Å². The Balaban J connectivity index is 1.90. The topological polar surface area (TPSA) is 29.5 Å². The third-order valence-corrected chi connectivity index (χ3v) is 4.10. The molecular weight excluding hydrogens is 255 g/mol. The van der Waals surface area contributed by atoms with E-state index in [0.29, 0.717) is 11.5 Å². The molecule has 1 aliphatic carbocycles. The number of aliphatic hydroxyl groups excluding tert-OH is 1. The van der Waals surface area contributed by atoms with Crippen LogP contribution < -0.4 is 0 Å². The van der Waals surface area contributed by atoms with Crippen LogP contribution in [-0.4, -0.2) is 17.8 Å². The second-order valence-electron chi connectivity index (χ2n) is 6.91. The Morgan fingerprint density at radius 3 is 2.70 bits per heavy atom. The summed E-state index contributed by atoms with van der Waals surface area (Å²) in [5, 5.41) is 10.1. The first kappa shape index (κ1) is 15.5. The van der Waals surface area contributed by atoms with Crippen LogP contribution in [0.4, 0.5) is 4.39 Å². The maximum atomic E-state index is 13.6. The molecule has 0 spiro atoms. The number of hydrogen-bond donors (Lipinski definition) is 1. The lowest BCUT2D eigenvalue weighted by molar-refractivity contribution is -0.0570. The van der Waals surface area contributed by atoms with E-state index in [1.165, 1.54) is 12.5 Å². The van der Waals surface area contributed by atoms with Gasteiger partial charge in [-0.05, 0) is 36.7 Å². The molecule has 1 N–H and O–H groups in total. The van der Waals surface area contributed by atoms with E-state index < -0.39 is 6.10 Å². The van der Waals surface area contributed by atoms with E-state index in [1.807, 2.05) is 0 Å². The Labute approximate surface area is 121 Å². The molecule has 1 fully saturated rings. The summed E-state index contributed by atoms with van der Waals surface area (Å²) < 4.78 is 19.4. The molecule has 1 aromatic rings. The van der Waals surface area contributed by atoms with E-state index in [4.69, 9.17) is 4.74 Å². The van der Waals surface area contributed by atoms with E-state index in [0.717, 1.165) is 12.8 Å². The van der Waals surface area contributed by atoms with Crippen molar-refractivity contribution < 1.29 is 14.2 Å². The summed E-state index contributed by atoms with van der Waals surface area (Å²) in [5.41, 5.74) is 0.598. The molecule has 0 amide bonds. The monoisotopic (exact) mass is 280 g/mol. The van der Waals surface area contributed by atoms with Crippen molar-refractivity contribution >= 4 is 0 Å². The highest BCUT2D eigenvalue weighted by Gasteiger charge is 2.32. The van der Waals surface area contributed by atoms with Crippen molar-refractivity contribution in [3.05, 3.63) is 35.6 Å². The maximum absolute atomic E-state index is 13.6. The first-order chi connectivity index (χ1) is 9.37. The minimum Gasteiger partial charge on any atom is -0.386 e. The lowest BCUT2D eigenvalue weighted by Crippen LogP contribution is -2.33. The zero-order valence-electron chi connectivity index (χ0n) is 12.6. The highest BCUT2D eigenvalue weighted by molar-refractivity contribution is 5.19. The number of ether oxygens (including phenoxy) is 1. The zero-order valence-corrected chi connectivity index (χ0v) is 12.6. The van der Waals surface area contributed by atoms with Gasteiger partial charge in [-0.1, -0.05) is 39.0 Å². The second-order valence-corrected chi connectivity index (χ2v) is 6.91. The van der Waals surface area contributed by atoms with Crippen LogP contribution in [0.5, 0.6) is 0 Å². The van der Waals surface area contributed by atoms with Gasteiger partial charge in [0.05, 0.1) is 12.7 Å². The molecule has 3 heteroatoms. The largest absolute Gasteiger partial charge is 0.386 e. The highest BCUT2D eigenvalue weighted by Crippen LogP contribution is 2.39. The van der Waals surface area contributed by atoms with Gasteiger partial charge in [0.1, 0.15) is 11.9 Å². The van der Waals surface area contributed by atoms with Crippen LogP contribution in [0.1, 0.15) is 51.7 Å². The fourth-order valence-corrected chi connectivity index (χ4v) is 3.45. The van der Waals surface area contributed by atoms with Crippen LogP contribution in [0, 0.1) is 17.2 Å². The van der Waals surface area contributed by atoms with Crippen LogP contribution in [0.2, 0.25) is 0 Å². The highest BCUT2D eigenvalue weighted by atomic mass is 19.1. The molecule has 3 atom stereocenters. The predicted molar refractivity (Wildman–Crippen MR) is 77.9 cm³/mol. The van der Waals surface area contributed by atoms with Crippen molar-refractivity contribution in [3.63, 3.8) is 0 Å². The van der Waals surface area contributed by atoms with Gasteiger partial charge < -0.3 is 9.84 Å².